The number of aliphatic carboxylic acids is 3. The maximum atomic E-state index is 14.4. The molecule has 0 aromatic heterocycles. The van der Waals surface area contributed by atoms with Crippen molar-refractivity contribution in [3.8, 4) is 0 Å². The van der Waals surface area contributed by atoms with E-state index in [2.05, 4.69) is 119 Å². The standard InChI is InChI=1S/C60H96N20O19S4/c1-29(2)46(79-54(94)38(26-101)76-51(91)35(15-18-44(83)84)73-53(93)37(23-30-9-4-3-5-10-30)70-43(82)24-69-47(87)31(61)25-100)56(96)75-33(12-7-21-68-60(65)66)48(88)72-34(14-17-42(62)81)52(92)77-39(27-102)57(97)80-22-8-13-41(80)55(95)74-36(16-19-45(85)86)50(90)71-32(11-6-20-67-59(63)64)49(89)78-40(28-103)58(98)99/h3-5,9-10,29,31-41,46,100-103H,6-8,11-28,61H2,1-2H3,(H2,62,81)(H,69,87)(H,70,82)(H,71,90)(H,72,88)(H,73,93)(H,74,95)(H,75,96)(H,76,91)(H,77,92)(H,78,89)(H,79,94)(H,83,84)(H,85,86)(H,98,99)(H4,63,64,67)(H4,65,66,68)/t31-,32-,33-,34-,35-,36-,37-,38-,39-,40-,41-,46-/m0/s1. The Labute approximate surface area is 614 Å². The number of aliphatic imine (C=N–C) groups is 2. The number of likely N-dealkylation sites (tertiary alicyclic amines) is 1. The minimum absolute atomic E-state index is 0.0130. The summed E-state index contributed by atoms with van der Waals surface area (Å²) in [5.74, 6) is -19.5. The average Bonchev–Trinajstić information content (AvgIpc) is 1.77. The largest absolute Gasteiger partial charge is 0.481 e. The Morgan fingerprint density at radius 2 is 0.913 bits per heavy atom. The van der Waals surface area contributed by atoms with Crippen LogP contribution in [0.3, 0.4) is 0 Å². The topological polar surface area (TPSA) is 650 Å². The zero-order valence-corrected chi connectivity index (χ0v) is 60.3. The first-order valence-corrected chi connectivity index (χ1v) is 35.0. The summed E-state index contributed by atoms with van der Waals surface area (Å²) < 4.78 is 0. The Hall–Kier alpha value is -9.36. The molecule has 39 nitrogen and oxygen atoms in total. The van der Waals surface area contributed by atoms with Crippen LogP contribution in [0.4, 0.5) is 0 Å². The van der Waals surface area contributed by atoms with Gasteiger partial charge in [-0.2, -0.15) is 50.5 Å². The van der Waals surface area contributed by atoms with E-state index in [1.165, 1.54) is 13.8 Å². The number of carboxylic acids is 3. The lowest BCUT2D eigenvalue weighted by atomic mass is 10.0. The number of carbonyl (C=O) groups is 16. The fourth-order valence-electron chi connectivity index (χ4n) is 9.88. The summed E-state index contributed by atoms with van der Waals surface area (Å²) in [5, 5.41) is 55.4. The second-order valence-electron chi connectivity index (χ2n) is 23.9. The van der Waals surface area contributed by atoms with Gasteiger partial charge in [-0.15, -0.1) is 0 Å². The minimum atomic E-state index is -1.70. The molecule has 1 aliphatic heterocycles. The smallest absolute Gasteiger partial charge is 0.327 e. The minimum Gasteiger partial charge on any atom is -0.481 e. The van der Waals surface area contributed by atoms with Crippen molar-refractivity contribution in [1.29, 1.82) is 0 Å². The summed E-state index contributed by atoms with van der Waals surface area (Å²) in [6.45, 7) is 2.17. The van der Waals surface area contributed by atoms with E-state index in [0.29, 0.717) is 5.56 Å². The van der Waals surface area contributed by atoms with Crippen molar-refractivity contribution in [3.05, 3.63) is 35.9 Å². The van der Waals surface area contributed by atoms with E-state index < -0.39 is 230 Å². The third-order valence-electron chi connectivity index (χ3n) is 15.4. The highest BCUT2D eigenvalue weighted by Gasteiger charge is 2.41. The van der Waals surface area contributed by atoms with Crippen molar-refractivity contribution in [2.45, 2.75) is 170 Å². The van der Waals surface area contributed by atoms with Gasteiger partial charge >= 0.3 is 17.9 Å². The number of nitrogens with two attached hydrogens (primary N) is 6. The molecule has 574 valence electrons. The molecule has 1 fully saturated rings. The van der Waals surface area contributed by atoms with E-state index in [-0.39, 0.29) is 88.0 Å². The quantitative estimate of drug-likeness (QED) is 0.0125. The highest BCUT2D eigenvalue weighted by atomic mass is 32.1. The monoisotopic (exact) mass is 1530 g/mol. The second-order valence-corrected chi connectivity index (χ2v) is 25.3. The molecule has 2 rings (SSSR count). The van der Waals surface area contributed by atoms with Crippen molar-refractivity contribution >= 4 is 157 Å². The third-order valence-corrected chi connectivity index (χ3v) is 16.9. The molecule has 12 atom stereocenters. The van der Waals surface area contributed by atoms with Gasteiger partial charge in [0.2, 0.25) is 76.8 Å². The van der Waals surface area contributed by atoms with Gasteiger partial charge in [-0.25, -0.2) is 4.79 Å². The van der Waals surface area contributed by atoms with Gasteiger partial charge in [-0.3, -0.25) is 81.9 Å². The molecule has 0 aliphatic carbocycles. The summed E-state index contributed by atoms with van der Waals surface area (Å²) in [6.07, 6.45) is -3.84. The third kappa shape index (κ3) is 33.5. The molecule has 1 aliphatic rings. The first-order valence-electron chi connectivity index (χ1n) is 32.5. The van der Waals surface area contributed by atoms with Crippen LogP contribution in [-0.4, -0.2) is 249 Å². The fraction of sp³-hybridized carbons (Fsp3) is 0.600. The number of thiol groups is 4. The van der Waals surface area contributed by atoms with E-state index in [9.17, 15) is 92.0 Å². The Bertz CT molecular complexity index is 3190. The van der Waals surface area contributed by atoms with Crippen LogP contribution in [0, 0.1) is 5.92 Å². The van der Waals surface area contributed by atoms with Gasteiger partial charge in [0.15, 0.2) is 11.9 Å². The number of hydrogen-bond acceptors (Lipinski definition) is 23. The summed E-state index contributed by atoms with van der Waals surface area (Å²) in [7, 11) is 0. The van der Waals surface area contributed by atoms with Crippen molar-refractivity contribution < 1.29 is 92.0 Å². The molecule has 1 saturated heterocycles. The number of guanidine groups is 2. The number of nitrogens with zero attached hydrogens (tertiary/aromatic N) is 3. The second kappa shape index (κ2) is 47.0. The van der Waals surface area contributed by atoms with Crippen LogP contribution in [0.15, 0.2) is 40.3 Å². The lowest BCUT2D eigenvalue weighted by Gasteiger charge is -2.31. The molecule has 26 N–H and O–H groups in total. The molecular weight excluding hydrogens is 1430 g/mol. The van der Waals surface area contributed by atoms with Crippen molar-refractivity contribution in [2.24, 2.45) is 50.3 Å². The summed E-state index contributed by atoms with van der Waals surface area (Å²) in [4.78, 5) is 223. The molecular formula is C60H96N20O19S4. The van der Waals surface area contributed by atoms with Crippen LogP contribution in [0.1, 0.15) is 96.5 Å². The Morgan fingerprint density at radius 3 is 1.35 bits per heavy atom. The zero-order valence-electron chi connectivity index (χ0n) is 56.7. The van der Waals surface area contributed by atoms with Crippen LogP contribution in [0.2, 0.25) is 0 Å². The molecule has 0 radical (unpaired) electrons. The van der Waals surface area contributed by atoms with E-state index in [4.69, 9.17) is 34.4 Å². The van der Waals surface area contributed by atoms with E-state index >= 15 is 0 Å². The fourth-order valence-corrected chi connectivity index (χ4v) is 10.8. The zero-order chi connectivity index (χ0) is 77.6. The van der Waals surface area contributed by atoms with Crippen LogP contribution >= 0.6 is 50.5 Å². The molecule has 1 aromatic rings. The van der Waals surface area contributed by atoms with Crippen molar-refractivity contribution in [1.82, 2.24) is 63.4 Å². The lowest BCUT2D eigenvalue weighted by molar-refractivity contribution is -0.142. The predicted octanol–water partition coefficient (Wildman–Crippen LogP) is -7.93. The first kappa shape index (κ1) is 89.7. The summed E-state index contributed by atoms with van der Waals surface area (Å²) in [5.41, 5.74) is 33.5. The number of rotatable bonds is 48. The molecule has 43 heteroatoms. The Morgan fingerprint density at radius 1 is 0.495 bits per heavy atom. The van der Waals surface area contributed by atoms with Crippen LogP contribution in [0.5, 0.6) is 0 Å². The maximum absolute atomic E-state index is 14.4. The lowest BCUT2D eigenvalue weighted by Crippen LogP contribution is -2.61. The normalized spacial score (nSPS) is 15.6. The Kier molecular flexibility index (Phi) is 41.0. The number of nitrogens with one attached hydrogen (secondary N) is 11. The highest BCUT2D eigenvalue weighted by Crippen LogP contribution is 2.21. The van der Waals surface area contributed by atoms with Crippen LogP contribution in [-0.2, 0) is 83.1 Å². The van der Waals surface area contributed by atoms with Gasteiger partial charge in [-0.05, 0) is 69.3 Å². The molecule has 0 spiro atoms. The Balaban J connectivity index is 2.44. The number of benzene rings is 1. The van der Waals surface area contributed by atoms with Crippen LogP contribution in [0.25, 0.3) is 0 Å². The molecule has 0 saturated carbocycles. The van der Waals surface area contributed by atoms with Gasteiger partial charge in [0, 0.05) is 68.3 Å². The molecule has 0 unspecified atom stereocenters. The number of amides is 13. The number of hydrogen-bond donors (Lipinski definition) is 24. The number of primary amides is 1. The van der Waals surface area contributed by atoms with E-state index in [0.717, 1.165) is 4.90 Å². The maximum Gasteiger partial charge on any atom is 0.327 e. The highest BCUT2D eigenvalue weighted by molar-refractivity contribution is 7.80. The summed E-state index contributed by atoms with van der Waals surface area (Å²) in [6, 6.07) is -9.84. The molecule has 13 amide bonds. The van der Waals surface area contributed by atoms with Gasteiger partial charge < -0.3 is 113 Å². The molecule has 0 bridgehead atoms. The van der Waals surface area contributed by atoms with Crippen molar-refractivity contribution in [2.75, 3.05) is 49.2 Å². The SMILES string of the molecule is CC(C)[C@H](NC(=O)[C@H](CS)NC(=O)[C@H](CCC(=O)O)NC(=O)[C@H](Cc1ccccc1)NC(=O)CNC(=O)[C@@H](N)CS)C(=O)N[C@@H](CCCN=C(N)N)C(=O)N[C@@H](CCC(N)=O)C(=O)N[C@@H](CS)C(=O)N1CCC[C@H]1C(=O)N[C@@H](CCC(=O)O)C(=O)N[C@@H](CCCN=C(N)N)C(=O)N[C@@H](CS)C(=O)O. The molecule has 1 aromatic carbocycles. The molecule has 103 heavy (non-hydrogen) atoms. The van der Waals surface area contributed by atoms with Gasteiger partial charge in [-0.1, -0.05) is 44.2 Å². The van der Waals surface area contributed by atoms with Gasteiger partial charge in [0.1, 0.15) is 66.5 Å². The summed E-state index contributed by atoms with van der Waals surface area (Å²) >= 11 is 16.4. The first-order chi connectivity index (χ1) is 48.6. The van der Waals surface area contributed by atoms with Gasteiger partial charge in [0.05, 0.1) is 12.6 Å². The number of carboxylic acid groups (broad SMARTS) is 3. The number of carbonyl (C=O) groups excluding carboxylic acids is 13. The molecule has 1 heterocycles. The van der Waals surface area contributed by atoms with E-state index in [1.54, 1.807) is 30.3 Å². The van der Waals surface area contributed by atoms with Crippen molar-refractivity contribution in [3.63, 3.8) is 0 Å². The van der Waals surface area contributed by atoms with Crippen LogP contribution < -0.4 is 92.9 Å². The van der Waals surface area contributed by atoms with Gasteiger partial charge in [0.25, 0.3) is 0 Å². The predicted molar refractivity (Wildman–Crippen MR) is 385 cm³/mol. The van der Waals surface area contributed by atoms with E-state index in [1.807, 2.05) is 0 Å². The average molecular weight is 1530 g/mol.